The number of aryl methyl sites for hydroxylation is 1. The SMILES string of the molecule is COc1ccc(Oc2cccc3c2C(=O)/C(=C\c2sccc2C)[C@@H]3c2ccccc2)cc1. The summed E-state index contributed by atoms with van der Waals surface area (Å²) in [5, 5.41) is 2.06. The van der Waals surface area contributed by atoms with E-state index >= 15 is 0 Å². The highest BCUT2D eigenvalue weighted by molar-refractivity contribution is 7.11. The number of hydrogen-bond donors (Lipinski definition) is 0. The van der Waals surface area contributed by atoms with E-state index in [2.05, 4.69) is 36.6 Å². The average Bonchev–Trinajstić information content (AvgIpc) is 3.36. The van der Waals surface area contributed by atoms with E-state index in [-0.39, 0.29) is 11.7 Å². The first-order chi connectivity index (χ1) is 15.7. The fraction of sp³-hybridized carbons (Fsp3) is 0.107. The maximum Gasteiger partial charge on any atom is 0.194 e. The lowest BCUT2D eigenvalue weighted by atomic mass is 9.89. The van der Waals surface area contributed by atoms with Gasteiger partial charge in [0.15, 0.2) is 5.78 Å². The number of fused-ring (bicyclic) bond motifs is 1. The van der Waals surface area contributed by atoms with Gasteiger partial charge in [-0.15, -0.1) is 11.3 Å². The molecule has 4 aromatic rings. The molecule has 1 aliphatic carbocycles. The zero-order valence-electron chi connectivity index (χ0n) is 17.9. The number of rotatable bonds is 5. The second-order valence-electron chi connectivity index (χ2n) is 7.74. The van der Waals surface area contributed by atoms with E-state index in [0.717, 1.165) is 27.3 Å². The Bertz CT molecular complexity index is 1300. The summed E-state index contributed by atoms with van der Waals surface area (Å²) in [5.74, 6) is 1.89. The summed E-state index contributed by atoms with van der Waals surface area (Å²) in [6, 6.07) is 25.5. The monoisotopic (exact) mass is 438 g/mol. The van der Waals surface area contributed by atoms with Gasteiger partial charge in [0.05, 0.1) is 12.7 Å². The lowest BCUT2D eigenvalue weighted by molar-refractivity contribution is 0.103. The van der Waals surface area contributed by atoms with E-state index in [9.17, 15) is 4.79 Å². The molecule has 0 saturated carbocycles. The molecule has 0 N–H and O–H groups in total. The Kier molecular flexibility index (Phi) is 5.38. The van der Waals surface area contributed by atoms with Crippen LogP contribution in [0, 0.1) is 6.92 Å². The normalized spacial score (nSPS) is 16.2. The molecule has 1 atom stereocenters. The van der Waals surface area contributed by atoms with E-state index in [1.807, 2.05) is 60.7 Å². The summed E-state index contributed by atoms with van der Waals surface area (Å²) >= 11 is 1.65. The Morgan fingerprint density at radius 2 is 1.62 bits per heavy atom. The van der Waals surface area contributed by atoms with Crippen LogP contribution in [0.3, 0.4) is 0 Å². The molecule has 5 rings (SSSR count). The van der Waals surface area contributed by atoms with Crippen LogP contribution in [0.5, 0.6) is 17.2 Å². The van der Waals surface area contributed by atoms with Crippen LogP contribution in [0.4, 0.5) is 0 Å². The molecule has 4 heteroatoms. The molecule has 158 valence electrons. The Balaban J connectivity index is 1.63. The van der Waals surface area contributed by atoms with Crippen molar-refractivity contribution in [3.8, 4) is 17.2 Å². The van der Waals surface area contributed by atoms with E-state index in [1.54, 1.807) is 18.4 Å². The molecule has 0 fully saturated rings. The maximum absolute atomic E-state index is 13.8. The van der Waals surface area contributed by atoms with Gasteiger partial charge < -0.3 is 9.47 Å². The highest BCUT2D eigenvalue weighted by Crippen LogP contribution is 2.47. The van der Waals surface area contributed by atoms with E-state index < -0.39 is 0 Å². The van der Waals surface area contributed by atoms with E-state index in [1.165, 1.54) is 5.56 Å². The largest absolute Gasteiger partial charge is 0.497 e. The number of carbonyl (C=O) groups is 1. The fourth-order valence-electron chi connectivity index (χ4n) is 4.16. The van der Waals surface area contributed by atoms with Gasteiger partial charge in [0.1, 0.15) is 17.2 Å². The molecule has 0 saturated heterocycles. The Hall–Kier alpha value is -3.63. The van der Waals surface area contributed by atoms with Crippen molar-refractivity contribution in [2.45, 2.75) is 12.8 Å². The molecule has 0 aliphatic heterocycles. The molecule has 1 aliphatic rings. The molecule has 32 heavy (non-hydrogen) atoms. The number of carbonyl (C=O) groups excluding carboxylic acids is 1. The van der Waals surface area contributed by atoms with Gasteiger partial charge in [0.25, 0.3) is 0 Å². The summed E-state index contributed by atoms with van der Waals surface area (Å²) in [4.78, 5) is 14.9. The number of hydrogen-bond acceptors (Lipinski definition) is 4. The van der Waals surface area contributed by atoms with Gasteiger partial charge in [0, 0.05) is 16.4 Å². The van der Waals surface area contributed by atoms with Crippen LogP contribution < -0.4 is 9.47 Å². The zero-order chi connectivity index (χ0) is 22.1. The van der Waals surface area contributed by atoms with Crippen molar-refractivity contribution < 1.29 is 14.3 Å². The second kappa shape index (κ2) is 8.48. The molecule has 0 bridgehead atoms. The van der Waals surface area contributed by atoms with Crippen LogP contribution in [0.25, 0.3) is 6.08 Å². The minimum atomic E-state index is -0.125. The average molecular weight is 439 g/mol. The zero-order valence-corrected chi connectivity index (χ0v) is 18.7. The van der Waals surface area contributed by atoms with Gasteiger partial charge in [-0.3, -0.25) is 4.79 Å². The van der Waals surface area contributed by atoms with E-state index in [0.29, 0.717) is 17.1 Å². The maximum atomic E-state index is 13.8. The molecule has 1 heterocycles. The third-order valence-electron chi connectivity index (χ3n) is 5.78. The summed E-state index contributed by atoms with van der Waals surface area (Å²) in [7, 11) is 1.63. The van der Waals surface area contributed by atoms with Gasteiger partial charge in [-0.05, 0) is 71.5 Å². The van der Waals surface area contributed by atoms with Crippen molar-refractivity contribution in [3.63, 3.8) is 0 Å². The van der Waals surface area contributed by atoms with Crippen molar-refractivity contribution in [2.75, 3.05) is 7.11 Å². The number of ether oxygens (including phenoxy) is 2. The summed E-state index contributed by atoms with van der Waals surface area (Å²) in [5.41, 5.74) is 4.67. The van der Waals surface area contributed by atoms with Crippen LogP contribution in [-0.2, 0) is 0 Å². The number of methoxy groups -OCH3 is 1. The van der Waals surface area contributed by atoms with Crippen molar-refractivity contribution in [3.05, 3.63) is 117 Å². The second-order valence-corrected chi connectivity index (χ2v) is 8.69. The number of Topliss-reactive ketones (excluding diaryl/α,β-unsaturated/α-hetero) is 1. The van der Waals surface area contributed by atoms with Crippen molar-refractivity contribution in [2.24, 2.45) is 0 Å². The Morgan fingerprint density at radius 1 is 0.875 bits per heavy atom. The third kappa shape index (κ3) is 3.63. The van der Waals surface area contributed by atoms with Gasteiger partial charge in [0.2, 0.25) is 0 Å². The van der Waals surface area contributed by atoms with Crippen LogP contribution >= 0.6 is 11.3 Å². The first-order valence-electron chi connectivity index (χ1n) is 10.5. The molecule has 3 aromatic carbocycles. The van der Waals surface area contributed by atoms with Gasteiger partial charge in [-0.1, -0.05) is 42.5 Å². The predicted molar refractivity (Wildman–Crippen MR) is 129 cm³/mol. The molecule has 0 amide bonds. The lowest BCUT2D eigenvalue weighted by Gasteiger charge is -2.14. The molecule has 0 unspecified atom stereocenters. The first-order valence-corrected chi connectivity index (χ1v) is 11.3. The number of ketones is 1. The molecule has 0 spiro atoms. The summed E-state index contributed by atoms with van der Waals surface area (Å²) in [6.45, 7) is 2.07. The quantitative estimate of drug-likeness (QED) is 0.307. The van der Waals surface area contributed by atoms with Crippen molar-refractivity contribution >= 4 is 23.2 Å². The molecular formula is C28H22O3S. The van der Waals surface area contributed by atoms with Crippen molar-refractivity contribution in [1.29, 1.82) is 0 Å². The van der Waals surface area contributed by atoms with Gasteiger partial charge >= 0.3 is 0 Å². The van der Waals surface area contributed by atoms with Crippen LogP contribution in [0.1, 0.15) is 37.8 Å². The van der Waals surface area contributed by atoms with Gasteiger partial charge in [-0.2, -0.15) is 0 Å². The van der Waals surface area contributed by atoms with Crippen LogP contribution in [0.2, 0.25) is 0 Å². The predicted octanol–water partition coefficient (Wildman–Crippen LogP) is 7.27. The number of allylic oxidation sites excluding steroid dienone is 1. The first kappa shape index (κ1) is 20.3. The van der Waals surface area contributed by atoms with Crippen LogP contribution in [-0.4, -0.2) is 12.9 Å². The number of thiophene rings is 1. The smallest absolute Gasteiger partial charge is 0.194 e. The third-order valence-corrected chi connectivity index (χ3v) is 6.74. The minimum Gasteiger partial charge on any atom is -0.497 e. The molecule has 0 radical (unpaired) electrons. The highest BCUT2D eigenvalue weighted by Gasteiger charge is 2.38. The van der Waals surface area contributed by atoms with E-state index in [4.69, 9.17) is 9.47 Å². The van der Waals surface area contributed by atoms with Crippen molar-refractivity contribution in [1.82, 2.24) is 0 Å². The summed E-state index contributed by atoms with van der Waals surface area (Å²) < 4.78 is 11.4. The summed E-state index contributed by atoms with van der Waals surface area (Å²) in [6.07, 6.45) is 2.05. The molecule has 1 aromatic heterocycles. The Morgan fingerprint density at radius 3 is 2.31 bits per heavy atom. The standard InChI is InChI=1S/C28H22O3S/c1-18-15-16-32-25(18)17-23-26(19-7-4-3-5-8-19)22-9-6-10-24(27(22)28(23)29)31-21-13-11-20(30-2)12-14-21/h3-17,26H,1-2H3/b23-17-/t26-/m1/s1. The Labute approximate surface area is 191 Å². The van der Waals surface area contributed by atoms with Gasteiger partial charge in [-0.25, -0.2) is 0 Å². The lowest BCUT2D eigenvalue weighted by Crippen LogP contribution is -2.02. The molecular weight excluding hydrogens is 416 g/mol. The topological polar surface area (TPSA) is 35.5 Å². The molecule has 3 nitrogen and oxygen atoms in total. The fourth-order valence-corrected chi connectivity index (χ4v) is 5.03. The highest BCUT2D eigenvalue weighted by atomic mass is 32.1. The number of benzene rings is 3. The van der Waals surface area contributed by atoms with Crippen LogP contribution in [0.15, 0.2) is 89.8 Å². The minimum absolute atomic E-state index is 0.0192.